The third-order valence-corrected chi connectivity index (χ3v) is 4.73. The van der Waals surface area contributed by atoms with Gasteiger partial charge in [-0.25, -0.2) is 0 Å². The van der Waals surface area contributed by atoms with Crippen LogP contribution in [0, 0.1) is 0 Å². The largest absolute Gasteiger partial charge is 0.326 e. The Morgan fingerprint density at radius 2 is 2.11 bits per heavy atom. The molecule has 94 valence electrons. The van der Waals surface area contributed by atoms with E-state index in [0.29, 0.717) is 18.4 Å². The molecular weight excluding hydrogens is 224 g/mol. The topological polar surface area (TPSA) is 32.3 Å². The molecule has 1 amide bonds. The fourth-order valence-corrected chi connectivity index (χ4v) is 3.76. The van der Waals surface area contributed by atoms with E-state index in [2.05, 4.69) is 22.3 Å². The second-order valence-corrected chi connectivity index (χ2v) is 5.81. The van der Waals surface area contributed by atoms with Crippen LogP contribution in [0.5, 0.6) is 0 Å². The second kappa shape index (κ2) is 3.82. The van der Waals surface area contributed by atoms with E-state index >= 15 is 0 Å². The molecule has 0 spiro atoms. The number of hydrogen-bond acceptors (Lipinski definition) is 2. The lowest BCUT2D eigenvalue weighted by Gasteiger charge is -2.44. The Morgan fingerprint density at radius 1 is 1.22 bits per heavy atom. The molecule has 2 aliphatic heterocycles. The van der Waals surface area contributed by atoms with E-state index < -0.39 is 0 Å². The number of likely N-dealkylation sites (tertiary alicyclic amines) is 1. The van der Waals surface area contributed by atoms with Crippen molar-refractivity contribution in [2.75, 3.05) is 18.4 Å². The van der Waals surface area contributed by atoms with Crippen molar-refractivity contribution in [3.63, 3.8) is 0 Å². The van der Waals surface area contributed by atoms with Crippen molar-refractivity contribution >= 4 is 11.6 Å². The molecule has 3 nitrogen and oxygen atoms in total. The Morgan fingerprint density at radius 3 is 2.89 bits per heavy atom. The van der Waals surface area contributed by atoms with Crippen LogP contribution in [0.4, 0.5) is 5.69 Å². The van der Waals surface area contributed by atoms with Crippen molar-refractivity contribution in [3.05, 3.63) is 29.3 Å². The molecule has 1 saturated heterocycles. The fourth-order valence-electron chi connectivity index (χ4n) is 3.76. The summed E-state index contributed by atoms with van der Waals surface area (Å²) in [7, 11) is 0. The molecule has 0 aromatic heterocycles. The summed E-state index contributed by atoms with van der Waals surface area (Å²) in [4.78, 5) is 14.4. The number of anilines is 1. The number of rotatable bonds is 1. The number of nitrogens with one attached hydrogen (secondary N) is 1. The van der Waals surface area contributed by atoms with E-state index in [4.69, 9.17) is 0 Å². The highest BCUT2D eigenvalue weighted by Gasteiger charge is 2.36. The molecule has 0 radical (unpaired) electrons. The zero-order chi connectivity index (χ0) is 12.1. The zero-order valence-electron chi connectivity index (χ0n) is 10.5. The van der Waals surface area contributed by atoms with Crippen LogP contribution >= 0.6 is 0 Å². The maximum absolute atomic E-state index is 11.8. The van der Waals surface area contributed by atoms with Gasteiger partial charge in [0.1, 0.15) is 0 Å². The van der Waals surface area contributed by atoms with Gasteiger partial charge in [-0.3, -0.25) is 9.69 Å². The van der Waals surface area contributed by atoms with Crippen LogP contribution in [0.2, 0.25) is 0 Å². The lowest BCUT2D eigenvalue weighted by Crippen LogP contribution is -2.48. The highest BCUT2D eigenvalue weighted by Crippen LogP contribution is 2.43. The van der Waals surface area contributed by atoms with Crippen LogP contribution in [-0.4, -0.2) is 29.9 Å². The molecule has 4 rings (SSSR count). The lowest BCUT2D eigenvalue weighted by atomic mass is 9.75. The monoisotopic (exact) mass is 242 g/mol. The summed E-state index contributed by atoms with van der Waals surface area (Å²) in [6.07, 6.45) is 4.34. The van der Waals surface area contributed by atoms with Crippen LogP contribution in [0.1, 0.15) is 36.3 Å². The van der Waals surface area contributed by atoms with Gasteiger partial charge in [0.2, 0.25) is 5.91 Å². The van der Waals surface area contributed by atoms with Crippen LogP contribution in [-0.2, 0) is 11.2 Å². The Labute approximate surface area is 107 Å². The number of carbonyl (C=O) groups excluding carboxylic acids is 1. The Kier molecular flexibility index (Phi) is 2.24. The Bertz CT molecular complexity index is 507. The summed E-state index contributed by atoms with van der Waals surface area (Å²) in [5.74, 6) is 0.637. The smallest absolute Gasteiger partial charge is 0.224 e. The first-order valence-electron chi connectivity index (χ1n) is 6.97. The van der Waals surface area contributed by atoms with Crippen molar-refractivity contribution < 1.29 is 4.79 Å². The fraction of sp³-hybridized carbons (Fsp3) is 0.533. The first-order chi connectivity index (χ1) is 8.81. The van der Waals surface area contributed by atoms with E-state index in [1.54, 1.807) is 0 Å². The van der Waals surface area contributed by atoms with Crippen molar-refractivity contribution in [1.29, 1.82) is 0 Å². The van der Waals surface area contributed by atoms with Gasteiger partial charge in [0.15, 0.2) is 0 Å². The predicted octanol–water partition coefficient (Wildman–Crippen LogP) is 2.13. The summed E-state index contributed by atoms with van der Waals surface area (Å²) in [6, 6.07) is 7.04. The molecule has 1 aliphatic carbocycles. The Hall–Kier alpha value is -1.35. The molecular formula is C15H18N2O. The van der Waals surface area contributed by atoms with Crippen molar-refractivity contribution in [2.45, 2.75) is 37.6 Å². The number of benzene rings is 1. The van der Waals surface area contributed by atoms with Crippen LogP contribution in [0.3, 0.4) is 0 Å². The van der Waals surface area contributed by atoms with Gasteiger partial charge < -0.3 is 5.32 Å². The zero-order valence-corrected chi connectivity index (χ0v) is 10.5. The third-order valence-electron chi connectivity index (χ3n) is 4.73. The molecule has 3 heteroatoms. The van der Waals surface area contributed by atoms with Gasteiger partial charge in [0, 0.05) is 18.2 Å². The normalized spacial score (nSPS) is 30.3. The first-order valence-corrected chi connectivity index (χ1v) is 6.97. The average Bonchev–Trinajstić information content (AvgIpc) is 2.25. The summed E-state index contributed by atoms with van der Waals surface area (Å²) < 4.78 is 0. The van der Waals surface area contributed by atoms with Crippen molar-refractivity contribution in [3.8, 4) is 0 Å². The summed E-state index contributed by atoms with van der Waals surface area (Å²) >= 11 is 0. The quantitative estimate of drug-likeness (QED) is 0.818. The Balaban J connectivity index is 1.73. The lowest BCUT2D eigenvalue weighted by molar-refractivity contribution is -0.117. The molecule has 1 fully saturated rings. The van der Waals surface area contributed by atoms with E-state index in [1.165, 1.54) is 30.6 Å². The highest BCUT2D eigenvalue weighted by atomic mass is 16.1. The predicted molar refractivity (Wildman–Crippen MR) is 70.7 cm³/mol. The van der Waals surface area contributed by atoms with E-state index in [1.807, 2.05) is 6.07 Å². The maximum atomic E-state index is 11.8. The van der Waals surface area contributed by atoms with Gasteiger partial charge in [-0.05, 0) is 55.5 Å². The molecule has 2 atom stereocenters. The number of nitrogens with zero attached hydrogens (tertiary/aromatic N) is 1. The first kappa shape index (κ1) is 10.6. The van der Waals surface area contributed by atoms with Crippen LogP contribution in [0.15, 0.2) is 18.2 Å². The number of amides is 1. The van der Waals surface area contributed by atoms with Crippen molar-refractivity contribution in [1.82, 2.24) is 4.90 Å². The summed E-state index contributed by atoms with van der Waals surface area (Å²) in [5, 5.41) is 3.02. The molecule has 18 heavy (non-hydrogen) atoms. The highest BCUT2D eigenvalue weighted by molar-refractivity contribution is 5.95. The van der Waals surface area contributed by atoms with Crippen LogP contribution < -0.4 is 5.32 Å². The molecule has 2 heterocycles. The molecule has 3 aliphatic rings. The standard InChI is InChI=1S/C15H18N2O/c18-14-9-11-8-12(17-5-2-6-17)7-10-3-1-4-13(16-14)15(10)11/h1,3-4,11-12H,2,5-9H2,(H,16,18)/t11-,12+/m0/s1. The minimum atomic E-state index is 0.189. The van der Waals surface area contributed by atoms with Crippen LogP contribution in [0.25, 0.3) is 0 Å². The van der Waals surface area contributed by atoms with Gasteiger partial charge in [0.25, 0.3) is 0 Å². The van der Waals surface area contributed by atoms with E-state index in [0.717, 1.165) is 18.5 Å². The summed E-state index contributed by atoms with van der Waals surface area (Å²) in [6.45, 7) is 2.50. The number of carbonyl (C=O) groups is 1. The molecule has 1 aromatic carbocycles. The van der Waals surface area contributed by atoms with Gasteiger partial charge in [0.05, 0.1) is 0 Å². The molecule has 0 saturated carbocycles. The maximum Gasteiger partial charge on any atom is 0.224 e. The molecule has 1 aromatic rings. The summed E-state index contributed by atoms with van der Waals surface area (Å²) in [5.41, 5.74) is 3.95. The molecule has 0 unspecified atom stereocenters. The molecule has 0 bridgehead atoms. The van der Waals surface area contributed by atoms with Gasteiger partial charge in [-0.2, -0.15) is 0 Å². The second-order valence-electron chi connectivity index (χ2n) is 5.81. The minimum Gasteiger partial charge on any atom is -0.326 e. The minimum absolute atomic E-state index is 0.189. The van der Waals surface area contributed by atoms with Gasteiger partial charge in [-0.1, -0.05) is 12.1 Å². The molecule has 1 N–H and O–H groups in total. The SMILES string of the molecule is O=C1C[C@@H]2C[C@H](N3CCC3)Cc3cccc(c32)N1. The van der Waals surface area contributed by atoms with Gasteiger partial charge >= 0.3 is 0 Å². The van der Waals surface area contributed by atoms with Gasteiger partial charge in [-0.15, -0.1) is 0 Å². The average molecular weight is 242 g/mol. The van der Waals surface area contributed by atoms with E-state index in [-0.39, 0.29) is 5.91 Å². The third kappa shape index (κ3) is 1.50. The van der Waals surface area contributed by atoms with E-state index in [9.17, 15) is 4.79 Å². The number of hydrogen-bond donors (Lipinski definition) is 1. The van der Waals surface area contributed by atoms with Crippen molar-refractivity contribution in [2.24, 2.45) is 0 Å².